The number of fused-ring (bicyclic) bond motifs is 5. The van der Waals surface area contributed by atoms with Gasteiger partial charge in [0.2, 0.25) is 0 Å². The first-order valence-corrected chi connectivity index (χ1v) is 13.5. The van der Waals surface area contributed by atoms with Gasteiger partial charge in [0.05, 0.1) is 5.57 Å². The van der Waals surface area contributed by atoms with Gasteiger partial charge in [-0.2, -0.15) is 5.26 Å². The molecule has 2 fully saturated rings. The molecule has 2 saturated carbocycles. The molecule has 0 bridgehead atoms. The van der Waals surface area contributed by atoms with Crippen LogP contribution in [0.3, 0.4) is 0 Å². The Bertz CT molecular complexity index is 887. The quantitative estimate of drug-likeness (QED) is 0.380. The molecule has 3 nitrogen and oxygen atoms in total. The number of nitrogens with zero attached hydrogens (tertiary/aromatic N) is 1. The molecule has 4 rings (SSSR count). The molecule has 0 N–H and O–H groups in total. The molecule has 0 spiro atoms. The largest absolute Gasteiger partial charge is 0.295 e. The van der Waals surface area contributed by atoms with Crippen LogP contribution in [0.2, 0.25) is 0 Å². The Morgan fingerprint density at radius 3 is 2.33 bits per heavy atom. The lowest BCUT2D eigenvalue weighted by Gasteiger charge is -2.57. The fraction of sp³-hybridized carbons (Fsp3) is 0.767. The van der Waals surface area contributed by atoms with Crippen molar-refractivity contribution in [3.8, 4) is 6.07 Å². The Kier molecular flexibility index (Phi) is 7.48. The normalized spacial score (nSPS) is 42.0. The molecule has 0 amide bonds. The van der Waals surface area contributed by atoms with Crippen LogP contribution in [0.5, 0.6) is 0 Å². The van der Waals surface area contributed by atoms with E-state index in [4.69, 9.17) is 0 Å². The van der Waals surface area contributed by atoms with E-state index < -0.39 is 10.8 Å². The summed E-state index contributed by atoms with van der Waals surface area (Å²) < 4.78 is 0. The molecule has 33 heavy (non-hydrogen) atoms. The van der Waals surface area contributed by atoms with Crippen LogP contribution in [0.25, 0.3) is 0 Å². The number of ketones is 2. The second-order valence-corrected chi connectivity index (χ2v) is 12.2. The summed E-state index contributed by atoms with van der Waals surface area (Å²) in [4.78, 5) is 26.2. The second kappa shape index (κ2) is 9.52. The van der Waals surface area contributed by atoms with Crippen LogP contribution in [-0.2, 0) is 9.59 Å². The molecule has 0 heterocycles. The molecule has 6 atom stereocenters. The number of rotatable bonds is 0. The van der Waals surface area contributed by atoms with Crippen molar-refractivity contribution in [2.24, 2.45) is 39.9 Å². The number of carbonyl (C=O) groups excluding carboxylic acids is 2. The first kappa shape index (κ1) is 25.9. The van der Waals surface area contributed by atoms with Crippen LogP contribution >= 0.6 is 0 Å². The monoisotopic (exact) mass is 451 g/mol. The van der Waals surface area contributed by atoms with Crippen LogP contribution in [0.15, 0.2) is 23.3 Å². The Balaban J connectivity index is 0.00000149. The third kappa shape index (κ3) is 4.40. The average Bonchev–Trinajstić information content (AvgIpc) is 2.77. The van der Waals surface area contributed by atoms with Crippen molar-refractivity contribution < 1.29 is 9.59 Å². The molecule has 4 unspecified atom stereocenters. The Morgan fingerprint density at radius 1 is 0.970 bits per heavy atom. The molecule has 0 saturated heterocycles. The van der Waals surface area contributed by atoms with Gasteiger partial charge in [-0.05, 0) is 73.7 Å². The van der Waals surface area contributed by atoms with E-state index in [0.29, 0.717) is 29.6 Å². The number of hydrogen-bond acceptors (Lipinski definition) is 3. The van der Waals surface area contributed by atoms with E-state index in [2.05, 4.69) is 26.8 Å². The first-order valence-electron chi connectivity index (χ1n) is 13.5. The highest BCUT2D eigenvalue weighted by molar-refractivity contribution is 6.04. The van der Waals surface area contributed by atoms with Gasteiger partial charge in [-0.3, -0.25) is 9.59 Å². The van der Waals surface area contributed by atoms with E-state index in [1.165, 1.54) is 37.7 Å². The van der Waals surface area contributed by atoms with Gasteiger partial charge in [0.1, 0.15) is 6.07 Å². The maximum Gasteiger partial charge on any atom is 0.178 e. The first-order chi connectivity index (χ1) is 15.5. The van der Waals surface area contributed by atoms with Gasteiger partial charge in [0, 0.05) is 17.3 Å². The molecule has 0 aromatic heterocycles. The minimum absolute atomic E-state index is 0.0288. The van der Waals surface area contributed by atoms with Crippen molar-refractivity contribution in [3.05, 3.63) is 23.3 Å². The SMILES string of the molecule is CC.C[C@H]1CCC2(C)CCCCC2C2CC[C@H]3C(C)(C)C(=O)C(C#N)=CC3(C)/C2=C/C(=O)C1. The summed E-state index contributed by atoms with van der Waals surface area (Å²) in [5.74, 6) is 1.71. The highest BCUT2D eigenvalue weighted by Crippen LogP contribution is 2.63. The van der Waals surface area contributed by atoms with Crippen molar-refractivity contribution in [2.75, 3.05) is 0 Å². The molecule has 0 aliphatic heterocycles. The summed E-state index contributed by atoms with van der Waals surface area (Å²) in [7, 11) is 0. The topological polar surface area (TPSA) is 57.9 Å². The highest BCUT2D eigenvalue weighted by Gasteiger charge is 2.57. The lowest BCUT2D eigenvalue weighted by atomic mass is 9.46. The molecule has 3 heteroatoms. The second-order valence-electron chi connectivity index (χ2n) is 12.2. The van der Waals surface area contributed by atoms with E-state index in [1.54, 1.807) is 0 Å². The minimum Gasteiger partial charge on any atom is -0.295 e. The zero-order valence-corrected chi connectivity index (χ0v) is 22.1. The Labute approximate surface area is 202 Å². The molecule has 0 aromatic rings. The number of nitriles is 1. The number of Topliss-reactive ketones (excluding diaryl/α,β-unsaturated/α-hetero) is 1. The predicted molar refractivity (Wildman–Crippen MR) is 134 cm³/mol. The van der Waals surface area contributed by atoms with Crippen molar-refractivity contribution >= 4 is 11.6 Å². The predicted octanol–water partition coefficient (Wildman–Crippen LogP) is 7.62. The minimum atomic E-state index is -0.581. The van der Waals surface area contributed by atoms with Gasteiger partial charge in [0.25, 0.3) is 0 Å². The van der Waals surface area contributed by atoms with Crippen LogP contribution in [0.1, 0.15) is 106 Å². The lowest BCUT2D eigenvalue weighted by molar-refractivity contribution is -0.130. The van der Waals surface area contributed by atoms with Gasteiger partial charge in [-0.1, -0.05) is 73.0 Å². The van der Waals surface area contributed by atoms with Crippen molar-refractivity contribution in [3.63, 3.8) is 0 Å². The third-order valence-corrected chi connectivity index (χ3v) is 9.75. The summed E-state index contributed by atoms with van der Waals surface area (Å²) >= 11 is 0. The summed E-state index contributed by atoms with van der Waals surface area (Å²) in [6.45, 7) is 15.0. The maximum absolute atomic E-state index is 13.2. The van der Waals surface area contributed by atoms with Crippen LogP contribution < -0.4 is 0 Å². The van der Waals surface area contributed by atoms with E-state index in [-0.39, 0.29) is 23.1 Å². The van der Waals surface area contributed by atoms with E-state index in [9.17, 15) is 14.9 Å². The lowest BCUT2D eigenvalue weighted by Crippen LogP contribution is -2.53. The number of allylic oxidation sites excluding steroid dienone is 4. The number of carbonyl (C=O) groups is 2. The van der Waals surface area contributed by atoms with Crippen LogP contribution in [0, 0.1) is 51.2 Å². The van der Waals surface area contributed by atoms with Gasteiger partial charge < -0.3 is 0 Å². The fourth-order valence-electron chi connectivity index (χ4n) is 8.01. The van der Waals surface area contributed by atoms with Gasteiger partial charge in [-0.25, -0.2) is 0 Å². The standard InChI is InChI=1S/C28H39NO2.C2H6/c1-18-11-13-27(4)12-7-6-8-22(27)21-9-10-24-26(2,3)25(31)19(17-29)16-28(24,5)23(21)15-20(30)14-18;1-2/h15-16,18,21-22,24H,6-14H2,1-5H3;1-2H3/b23-15+;/t18-,21?,22?,24-,27?,28?;/m0./s1. The van der Waals surface area contributed by atoms with Gasteiger partial charge >= 0.3 is 0 Å². The van der Waals surface area contributed by atoms with Crippen LogP contribution in [0.4, 0.5) is 0 Å². The zero-order valence-electron chi connectivity index (χ0n) is 22.1. The molecule has 0 aromatic carbocycles. The fourth-order valence-corrected chi connectivity index (χ4v) is 8.01. The van der Waals surface area contributed by atoms with Gasteiger partial charge in [0.15, 0.2) is 11.6 Å². The summed E-state index contributed by atoms with van der Waals surface area (Å²) in [6, 6.07) is 2.19. The number of hydrogen-bond donors (Lipinski definition) is 0. The van der Waals surface area contributed by atoms with Crippen molar-refractivity contribution in [1.29, 1.82) is 5.26 Å². The Morgan fingerprint density at radius 2 is 1.67 bits per heavy atom. The molecule has 4 aliphatic rings. The van der Waals surface area contributed by atoms with Gasteiger partial charge in [-0.15, -0.1) is 0 Å². The summed E-state index contributed by atoms with van der Waals surface area (Å²) in [5.41, 5.74) is 0.856. The molecule has 4 aliphatic carbocycles. The van der Waals surface area contributed by atoms with Crippen LogP contribution in [-0.4, -0.2) is 11.6 Å². The average molecular weight is 452 g/mol. The van der Waals surface area contributed by atoms with E-state index in [1.807, 2.05) is 39.8 Å². The Hall–Kier alpha value is -1.69. The molecule has 0 radical (unpaired) electrons. The smallest absolute Gasteiger partial charge is 0.178 e. The van der Waals surface area contributed by atoms with Crippen molar-refractivity contribution in [2.45, 2.75) is 106 Å². The van der Waals surface area contributed by atoms with E-state index in [0.717, 1.165) is 19.3 Å². The summed E-state index contributed by atoms with van der Waals surface area (Å²) in [5, 5.41) is 9.77. The molecule has 182 valence electrons. The molecular weight excluding hydrogens is 406 g/mol. The van der Waals surface area contributed by atoms with E-state index >= 15 is 0 Å². The zero-order chi connectivity index (χ0) is 24.6. The highest BCUT2D eigenvalue weighted by atomic mass is 16.1. The maximum atomic E-state index is 13.2. The third-order valence-electron chi connectivity index (χ3n) is 9.75. The molecular formula is C30H45NO2. The summed E-state index contributed by atoms with van der Waals surface area (Å²) in [6.07, 6.45) is 14.0. The van der Waals surface area contributed by atoms with Crippen molar-refractivity contribution in [1.82, 2.24) is 0 Å².